The second kappa shape index (κ2) is 5.94. The van der Waals surface area contributed by atoms with E-state index >= 15 is 0 Å². The Bertz CT molecular complexity index is 527. The second-order valence-corrected chi connectivity index (χ2v) is 4.09. The Kier molecular flexibility index (Phi) is 4.57. The van der Waals surface area contributed by atoms with Gasteiger partial charge >= 0.3 is 5.97 Å². The van der Waals surface area contributed by atoms with Crippen LogP contribution in [0.1, 0.15) is 29.3 Å². The van der Waals surface area contributed by atoms with Gasteiger partial charge in [-0.15, -0.1) is 0 Å². The van der Waals surface area contributed by atoms with Crippen LogP contribution in [0.25, 0.3) is 0 Å². The number of nitro benzene ring substituents is 1. The summed E-state index contributed by atoms with van der Waals surface area (Å²) in [6, 6.07) is 2.92. The van der Waals surface area contributed by atoms with Gasteiger partial charge in [0.15, 0.2) is 0 Å². The number of aliphatic carboxylic acids is 1. The Hall–Kier alpha value is -2.44. The third-order valence-corrected chi connectivity index (χ3v) is 2.55. The number of amides is 1. The molecule has 0 aliphatic rings. The molecule has 0 radical (unpaired) electrons. The highest BCUT2D eigenvalue weighted by molar-refractivity contribution is 5.97. The number of nitrogens with one attached hydrogen (secondary N) is 1. The van der Waals surface area contributed by atoms with Crippen LogP contribution in [0.3, 0.4) is 0 Å². The summed E-state index contributed by atoms with van der Waals surface area (Å²) in [6.45, 7) is 3.25. The predicted molar refractivity (Wildman–Crippen MR) is 67.0 cm³/mol. The normalized spacial score (nSPS) is 11.7. The van der Waals surface area contributed by atoms with E-state index in [-0.39, 0.29) is 17.7 Å². The molecule has 0 spiro atoms. The van der Waals surface area contributed by atoms with Crippen LogP contribution in [-0.4, -0.2) is 27.9 Å². The number of carboxylic acid groups (broad SMARTS) is 1. The lowest BCUT2D eigenvalue weighted by Crippen LogP contribution is -2.40. The van der Waals surface area contributed by atoms with Crippen LogP contribution in [0.15, 0.2) is 18.2 Å². The minimum absolute atomic E-state index is 0.0754. The fourth-order valence-electron chi connectivity index (χ4n) is 1.58. The highest BCUT2D eigenvalue weighted by atomic mass is 16.6. The SMILES string of the molecule is CC[C@@H](NC(=O)c1cc(C)cc([N+](=O)[O-])c1)C(=O)O. The first-order chi connectivity index (χ1) is 8.85. The molecule has 1 amide bonds. The van der Waals surface area contributed by atoms with E-state index in [0.29, 0.717) is 5.56 Å². The molecule has 0 aliphatic carbocycles. The Balaban J connectivity index is 2.99. The van der Waals surface area contributed by atoms with Gasteiger partial charge in [0.2, 0.25) is 0 Å². The summed E-state index contributed by atoms with van der Waals surface area (Å²) in [5.41, 5.74) is 0.433. The number of aryl methyl sites for hydroxylation is 1. The van der Waals surface area contributed by atoms with Crippen LogP contribution in [0, 0.1) is 17.0 Å². The van der Waals surface area contributed by atoms with E-state index < -0.39 is 22.8 Å². The van der Waals surface area contributed by atoms with E-state index in [1.54, 1.807) is 13.8 Å². The molecule has 0 aromatic heterocycles. The standard InChI is InChI=1S/C12H14N2O5/c1-3-10(12(16)17)13-11(15)8-4-7(2)5-9(6-8)14(18)19/h4-6,10H,3H2,1-2H3,(H,13,15)(H,16,17)/t10-/m1/s1. The molecule has 0 aliphatic heterocycles. The Morgan fingerprint density at radius 3 is 2.53 bits per heavy atom. The molecule has 102 valence electrons. The smallest absolute Gasteiger partial charge is 0.326 e. The maximum Gasteiger partial charge on any atom is 0.326 e. The highest BCUT2D eigenvalue weighted by Crippen LogP contribution is 2.16. The minimum Gasteiger partial charge on any atom is -0.480 e. The lowest BCUT2D eigenvalue weighted by molar-refractivity contribution is -0.384. The fourth-order valence-corrected chi connectivity index (χ4v) is 1.58. The predicted octanol–water partition coefficient (Wildman–Crippen LogP) is 1.50. The second-order valence-electron chi connectivity index (χ2n) is 4.09. The molecule has 1 rings (SSSR count). The molecule has 0 bridgehead atoms. The van der Waals surface area contributed by atoms with Crippen molar-refractivity contribution in [2.45, 2.75) is 26.3 Å². The first-order valence-electron chi connectivity index (χ1n) is 5.65. The van der Waals surface area contributed by atoms with Crippen LogP contribution in [-0.2, 0) is 4.79 Å². The number of carbonyl (C=O) groups is 2. The van der Waals surface area contributed by atoms with Gasteiger partial charge in [-0.2, -0.15) is 0 Å². The Morgan fingerprint density at radius 2 is 2.05 bits per heavy atom. The molecular weight excluding hydrogens is 252 g/mol. The summed E-state index contributed by atoms with van der Waals surface area (Å²) >= 11 is 0. The molecule has 19 heavy (non-hydrogen) atoms. The molecule has 1 atom stereocenters. The van der Waals surface area contributed by atoms with Gasteiger partial charge in [-0.3, -0.25) is 14.9 Å². The molecule has 0 saturated carbocycles. The van der Waals surface area contributed by atoms with Gasteiger partial charge in [0.05, 0.1) is 4.92 Å². The number of hydrogen-bond donors (Lipinski definition) is 2. The summed E-state index contributed by atoms with van der Waals surface area (Å²) in [5, 5.41) is 21.9. The fraction of sp³-hybridized carbons (Fsp3) is 0.333. The number of nitrogens with zero attached hydrogens (tertiary/aromatic N) is 1. The number of carbonyl (C=O) groups excluding carboxylic acids is 1. The van der Waals surface area contributed by atoms with E-state index in [4.69, 9.17) is 5.11 Å². The number of carboxylic acids is 1. The zero-order valence-corrected chi connectivity index (χ0v) is 10.5. The highest BCUT2D eigenvalue weighted by Gasteiger charge is 2.20. The number of rotatable bonds is 5. The van der Waals surface area contributed by atoms with Crippen molar-refractivity contribution in [1.82, 2.24) is 5.32 Å². The van der Waals surface area contributed by atoms with Crippen molar-refractivity contribution in [2.24, 2.45) is 0 Å². The van der Waals surface area contributed by atoms with Crippen LogP contribution in [0.2, 0.25) is 0 Å². The van der Waals surface area contributed by atoms with E-state index in [1.165, 1.54) is 12.1 Å². The Labute approximate surface area is 109 Å². The molecule has 0 unspecified atom stereocenters. The summed E-state index contributed by atoms with van der Waals surface area (Å²) in [5.74, 6) is -1.78. The third kappa shape index (κ3) is 3.77. The van der Waals surface area contributed by atoms with E-state index in [2.05, 4.69) is 5.32 Å². The molecule has 0 fully saturated rings. The van der Waals surface area contributed by atoms with Gasteiger partial charge in [0.25, 0.3) is 11.6 Å². The zero-order chi connectivity index (χ0) is 14.6. The molecule has 7 heteroatoms. The molecule has 2 N–H and O–H groups in total. The van der Waals surface area contributed by atoms with Gasteiger partial charge in [0.1, 0.15) is 6.04 Å². The van der Waals surface area contributed by atoms with Crippen molar-refractivity contribution in [2.75, 3.05) is 0 Å². The maximum absolute atomic E-state index is 11.8. The number of benzene rings is 1. The number of non-ortho nitro benzene ring substituents is 1. The van der Waals surface area contributed by atoms with E-state index in [9.17, 15) is 19.7 Å². The monoisotopic (exact) mass is 266 g/mol. The van der Waals surface area contributed by atoms with Crippen molar-refractivity contribution >= 4 is 17.6 Å². The van der Waals surface area contributed by atoms with Crippen molar-refractivity contribution in [3.8, 4) is 0 Å². The van der Waals surface area contributed by atoms with Gasteiger partial charge in [-0.05, 0) is 25.0 Å². The van der Waals surface area contributed by atoms with Crippen molar-refractivity contribution in [3.63, 3.8) is 0 Å². The molecular formula is C12H14N2O5. The maximum atomic E-state index is 11.8. The van der Waals surface area contributed by atoms with Crippen molar-refractivity contribution in [1.29, 1.82) is 0 Å². The molecule has 0 saturated heterocycles. The van der Waals surface area contributed by atoms with Crippen molar-refractivity contribution < 1.29 is 19.6 Å². The first-order valence-corrected chi connectivity index (χ1v) is 5.65. The average molecular weight is 266 g/mol. The summed E-state index contributed by atoms with van der Waals surface area (Å²) in [4.78, 5) is 32.8. The number of hydrogen-bond acceptors (Lipinski definition) is 4. The summed E-state index contributed by atoms with van der Waals surface area (Å²) in [7, 11) is 0. The largest absolute Gasteiger partial charge is 0.480 e. The minimum atomic E-state index is -1.14. The summed E-state index contributed by atoms with van der Waals surface area (Å²) < 4.78 is 0. The molecule has 1 aromatic carbocycles. The average Bonchev–Trinajstić information content (AvgIpc) is 2.34. The molecule has 1 aromatic rings. The van der Waals surface area contributed by atoms with Crippen LogP contribution < -0.4 is 5.32 Å². The lowest BCUT2D eigenvalue weighted by Gasteiger charge is -2.12. The first kappa shape index (κ1) is 14.6. The van der Waals surface area contributed by atoms with Gasteiger partial charge < -0.3 is 10.4 Å². The van der Waals surface area contributed by atoms with Gasteiger partial charge in [-0.1, -0.05) is 6.92 Å². The van der Waals surface area contributed by atoms with Crippen LogP contribution in [0.5, 0.6) is 0 Å². The Morgan fingerprint density at radius 1 is 1.42 bits per heavy atom. The van der Waals surface area contributed by atoms with E-state index in [1.807, 2.05) is 0 Å². The topological polar surface area (TPSA) is 110 Å². The van der Waals surface area contributed by atoms with E-state index in [0.717, 1.165) is 6.07 Å². The van der Waals surface area contributed by atoms with Gasteiger partial charge in [-0.25, -0.2) is 4.79 Å². The van der Waals surface area contributed by atoms with Crippen LogP contribution in [0.4, 0.5) is 5.69 Å². The summed E-state index contributed by atoms with van der Waals surface area (Å²) in [6.07, 6.45) is 0.231. The van der Waals surface area contributed by atoms with Gasteiger partial charge in [0, 0.05) is 17.7 Å². The zero-order valence-electron chi connectivity index (χ0n) is 10.5. The molecule has 7 nitrogen and oxygen atoms in total. The third-order valence-electron chi connectivity index (χ3n) is 2.55. The van der Waals surface area contributed by atoms with Crippen LogP contribution >= 0.6 is 0 Å². The quantitative estimate of drug-likeness (QED) is 0.619. The number of nitro groups is 1. The lowest BCUT2D eigenvalue weighted by atomic mass is 10.1. The van der Waals surface area contributed by atoms with Crippen molar-refractivity contribution in [3.05, 3.63) is 39.4 Å². The molecule has 0 heterocycles.